The second kappa shape index (κ2) is 4.70. The molecule has 9 heteroatoms. The molecule has 0 aromatic carbocycles. The number of nitrogens with two attached hydrogens (primary N) is 2. The third kappa shape index (κ3) is 3.16. The first-order valence-electron chi connectivity index (χ1n) is 4.27. The largest absolute Gasteiger partial charge is 0.573 e. The van der Waals surface area contributed by atoms with Gasteiger partial charge in [-0.2, -0.15) is 0 Å². The fourth-order valence-corrected chi connectivity index (χ4v) is 1.16. The van der Waals surface area contributed by atoms with Gasteiger partial charge in [0.1, 0.15) is 11.6 Å². The Kier molecular flexibility index (Phi) is 3.71. The molecule has 0 bridgehead atoms. The highest BCUT2D eigenvalue weighted by molar-refractivity contribution is 5.52. The second-order valence-corrected chi connectivity index (χ2v) is 2.96. The standard InChI is InChI=1S/C8H8F5N3O/c9-6(10)4-2-16-7(15)3(1-14)5(4)17-8(11,12)13/h2,6H,1,14H2,(H2,15,16). The van der Waals surface area contributed by atoms with Crippen molar-refractivity contribution in [3.05, 3.63) is 17.3 Å². The minimum atomic E-state index is -5.11. The molecular formula is C8H8F5N3O. The molecule has 0 radical (unpaired) electrons. The smallest absolute Gasteiger partial charge is 0.405 e. The van der Waals surface area contributed by atoms with E-state index in [0.717, 1.165) is 0 Å². The molecule has 96 valence electrons. The average molecular weight is 257 g/mol. The highest BCUT2D eigenvalue weighted by Crippen LogP contribution is 2.37. The molecule has 0 fully saturated rings. The van der Waals surface area contributed by atoms with Crippen LogP contribution in [0.15, 0.2) is 6.20 Å². The van der Waals surface area contributed by atoms with Crippen molar-refractivity contribution < 1.29 is 26.7 Å². The molecule has 0 atom stereocenters. The van der Waals surface area contributed by atoms with Gasteiger partial charge in [-0.15, -0.1) is 13.2 Å². The highest BCUT2D eigenvalue weighted by atomic mass is 19.4. The Morgan fingerprint density at radius 1 is 1.35 bits per heavy atom. The number of hydrogen-bond acceptors (Lipinski definition) is 4. The molecule has 1 aromatic rings. The number of alkyl halides is 5. The van der Waals surface area contributed by atoms with Gasteiger partial charge in [-0.3, -0.25) is 0 Å². The van der Waals surface area contributed by atoms with Crippen LogP contribution in [0, 0.1) is 0 Å². The Bertz CT molecular complexity index is 407. The van der Waals surface area contributed by atoms with Crippen molar-refractivity contribution in [2.24, 2.45) is 5.73 Å². The molecule has 0 saturated heterocycles. The predicted molar refractivity (Wildman–Crippen MR) is 48.2 cm³/mol. The van der Waals surface area contributed by atoms with Crippen molar-refractivity contribution in [3.8, 4) is 5.75 Å². The summed E-state index contributed by atoms with van der Waals surface area (Å²) in [6, 6.07) is 0. The summed E-state index contributed by atoms with van der Waals surface area (Å²) in [5.41, 5.74) is 8.96. The van der Waals surface area contributed by atoms with Gasteiger partial charge in [-0.25, -0.2) is 13.8 Å². The molecule has 0 aliphatic rings. The molecule has 0 aliphatic carbocycles. The molecule has 17 heavy (non-hydrogen) atoms. The van der Waals surface area contributed by atoms with Gasteiger partial charge in [0, 0.05) is 12.7 Å². The Morgan fingerprint density at radius 2 is 1.94 bits per heavy atom. The van der Waals surface area contributed by atoms with Gasteiger partial charge in [-0.1, -0.05) is 0 Å². The Morgan fingerprint density at radius 3 is 2.35 bits per heavy atom. The normalized spacial score (nSPS) is 11.9. The van der Waals surface area contributed by atoms with Crippen molar-refractivity contribution in [2.45, 2.75) is 19.3 Å². The minimum Gasteiger partial charge on any atom is -0.405 e. The van der Waals surface area contributed by atoms with E-state index in [-0.39, 0.29) is 5.82 Å². The van der Waals surface area contributed by atoms with E-state index in [1.807, 2.05) is 0 Å². The van der Waals surface area contributed by atoms with Gasteiger partial charge in [0.2, 0.25) is 0 Å². The van der Waals surface area contributed by atoms with Crippen molar-refractivity contribution in [1.29, 1.82) is 0 Å². The molecule has 0 aliphatic heterocycles. The Balaban J connectivity index is 3.34. The molecule has 0 saturated carbocycles. The molecule has 1 rings (SSSR count). The van der Waals surface area contributed by atoms with Gasteiger partial charge < -0.3 is 16.2 Å². The number of hydrogen-bond donors (Lipinski definition) is 2. The van der Waals surface area contributed by atoms with Crippen LogP contribution < -0.4 is 16.2 Å². The number of ether oxygens (including phenoxy) is 1. The highest BCUT2D eigenvalue weighted by Gasteiger charge is 2.35. The molecule has 0 unspecified atom stereocenters. The third-order valence-corrected chi connectivity index (χ3v) is 1.85. The number of pyridine rings is 1. The topological polar surface area (TPSA) is 74.2 Å². The van der Waals surface area contributed by atoms with Crippen LogP contribution in [0.4, 0.5) is 27.8 Å². The summed E-state index contributed by atoms with van der Waals surface area (Å²) in [6.07, 6.45) is -7.76. The zero-order valence-corrected chi connectivity index (χ0v) is 8.26. The van der Waals surface area contributed by atoms with E-state index >= 15 is 0 Å². The average Bonchev–Trinajstić information content (AvgIpc) is 2.15. The molecular weight excluding hydrogens is 249 g/mol. The van der Waals surface area contributed by atoms with E-state index in [9.17, 15) is 22.0 Å². The number of nitrogen functional groups attached to an aromatic ring is 1. The number of rotatable bonds is 3. The minimum absolute atomic E-state index is 0.379. The monoisotopic (exact) mass is 257 g/mol. The SMILES string of the molecule is NCc1c(N)ncc(C(F)F)c1OC(F)(F)F. The van der Waals surface area contributed by atoms with Crippen LogP contribution in [-0.4, -0.2) is 11.3 Å². The zero-order chi connectivity index (χ0) is 13.2. The number of nitrogens with zero attached hydrogens (tertiary/aromatic N) is 1. The summed E-state index contributed by atoms with van der Waals surface area (Å²) >= 11 is 0. The Hall–Kier alpha value is -1.64. The molecule has 4 nitrogen and oxygen atoms in total. The van der Waals surface area contributed by atoms with Gasteiger partial charge in [0.25, 0.3) is 6.43 Å². The van der Waals surface area contributed by atoms with E-state index in [2.05, 4.69) is 9.72 Å². The van der Waals surface area contributed by atoms with Crippen LogP contribution in [0.3, 0.4) is 0 Å². The Labute approximate surface area is 92.4 Å². The van der Waals surface area contributed by atoms with E-state index in [0.29, 0.717) is 6.20 Å². The maximum atomic E-state index is 12.5. The summed E-state index contributed by atoms with van der Waals surface area (Å²) in [5, 5.41) is 0. The first-order chi connectivity index (χ1) is 7.76. The van der Waals surface area contributed by atoms with E-state index in [1.54, 1.807) is 0 Å². The van der Waals surface area contributed by atoms with Crippen LogP contribution in [0.2, 0.25) is 0 Å². The number of anilines is 1. The van der Waals surface area contributed by atoms with Gasteiger partial charge >= 0.3 is 6.36 Å². The lowest BCUT2D eigenvalue weighted by molar-refractivity contribution is -0.275. The second-order valence-electron chi connectivity index (χ2n) is 2.96. The van der Waals surface area contributed by atoms with E-state index in [4.69, 9.17) is 11.5 Å². The molecule has 4 N–H and O–H groups in total. The lowest BCUT2D eigenvalue weighted by Gasteiger charge is -2.16. The fourth-order valence-electron chi connectivity index (χ4n) is 1.16. The van der Waals surface area contributed by atoms with Crippen molar-refractivity contribution in [2.75, 3.05) is 5.73 Å². The molecule has 0 spiro atoms. The lowest BCUT2D eigenvalue weighted by Crippen LogP contribution is -2.21. The number of halogens is 5. The first kappa shape index (κ1) is 13.4. The van der Waals surface area contributed by atoms with E-state index in [1.165, 1.54) is 0 Å². The molecule has 0 amide bonds. The third-order valence-electron chi connectivity index (χ3n) is 1.85. The van der Waals surface area contributed by atoms with Crippen molar-refractivity contribution in [3.63, 3.8) is 0 Å². The van der Waals surface area contributed by atoms with Crippen LogP contribution in [0.5, 0.6) is 5.75 Å². The summed E-state index contributed by atoms with van der Waals surface area (Å²) in [4.78, 5) is 3.33. The maximum absolute atomic E-state index is 12.5. The van der Waals surface area contributed by atoms with Crippen molar-refractivity contribution in [1.82, 2.24) is 4.98 Å². The zero-order valence-electron chi connectivity index (χ0n) is 8.26. The van der Waals surface area contributed by atoms with Crippen LogP contribution in [0.25, 0.3) is 0 Å². The lowest BCUT2D eigenvalue weighted by atomic mass is 10.1. The van der Waals surface area contributed by atoms with Crippen LogP contribution in [-0.2, 0) is 6.54 Å². The van der Waals surface area contributed by atoms with Crippen molar-refractivity contribution >= 4 is 5.82 Å². The van der Waals surface area contributed by atoms with Gasteiger partial charge in [0.05, 0.1) is 11.1 Å². The fraction of sp³-hybridized carbons (Fsp3) is 0.375. The summed E-state index contributed by atoms with van der Waals surface area (Å²) in [7, 11) is 0. The van der Waals surface area contributed by atoms with Gasteiger partial charge in [0.15, 0.2) is 0 Å². The molecule has 1 heterocycles. The van der Waals surface area contributed by atoms with Crippen LogP contribution in [0.1, 0.15) is 17.6 Å². The van der Waals surface area contributed by atoms with Gasteiger partial charge in [-0.05, 0) is 0 Å². The number of aromatic nitrogens is 1. The molecule has 1 aromatic heterocycles. The van der Waals surface area contributed by atoms with E-state index < -0.39 is 36.2 Å². The summed E-state index contributed by atoms with van der Waals surface area (Å²) < 4.78 is 64.7. The van der Waals surface area contributed by atoms with Crippen LogP contribution >= 0.6 is 0 Å². The summed E-state index contributed by atoms with van der Waals surface area (Å²) in [6.45, 7) is -0.495. The quantitative estimate of drug-likeness (QED) is 0.812. The summed E-state index contributed by atoms with van der Waals surface area (Å²) in [5.74, 6) is -1.46. The first-order valence-corrected chi connectivity index (χ1v) is 4.27. The predicted octanol–water partition coefficient (Wildman–Crippen LogP) is 1.96. The maximum Gasteiger partial charge on any atom is 0.573 e.